The van der Waals surface area contributed by atoms with Crippen molar-refractivity contribution in [3.63, 3.8) is 0 Å². The summed E-state index contributed by atoms with van der Waals surface area (Å²) in [6, 6.07) is 6.99. The minimum atomic E-state index is -1.09. The molecule has 43 heavy (non-hydrogen) atoms. The maximum atomic E-state index is 14.0. The van der Waals surface area contributed by atoms with Gasteiger partial charge in [-0.25, -0.2) is 8.78 Å². The number of hydrogen-bond acceptors (Lipinski definition) is 8. The van der Waals surface area contributed by atoms with Crippen molar-refractivity contribution in [2.24, 2.45) is 0 Å². The van der Waals surface area contributed by atoms with Crippen LogP contribution in [0.4, 0.5) is 20.3 Å². The summed E-state index contributed by atoms with van der Waals surface area (Å²) in [5.41, 5.74) is 1.99. The third-order valence-corrected chi connectivity index (χ3v) is 9.52. The number of halogens is 3. The number of piperazine rings is 1. The van der Waals surface area contributed by atoms with Crippen LogP contribution in [0.2, 0.25) is 5.02 Å². The van der Waals surface area contributed by atoms with Crippen LogP contribution in [0.3, 0.4) is 0 Å². The van der Waals surface area contributed by atoms with E-state index in [2.05, 4.69) is 22.9 Å². The molecule has 13 heteroatoms. The molecule has 1 spiro atoms. The van der Waals surface area contributed by atoms with Crippen molar-refractivity contribution in [2.75, 3.05) is 50.1 Å². The van der Waals surface area contributed by atoms with Crippen LogP contribution < -0.4 is 15.0 Å². The monoisotopic (exact) mass is 611 g/mol. The number of ether oxygens (including phenoxy) is 1. The Labute approximate surface area is 253 Å². The Morgan fingerprint density at radius 1 is 1.30 bits per heavy atom. The molecule has 2 amide bonds. The zero-order valence-electron chi connectivity index (χ0n) is 23.8. The Bertz CT molecular complexity index is 1530. The topological polar surface area (TPSA) is 115 Å². The highest BCUT2D eigenvalue weighted by Crippen LogP contribution is 2.49. The van der Waals surface area contributed by atoms with Gasteiger partial charge in [0.2, 0.25) is 5.91 Å². The van der Waals surface area contributed by atoms with E-state index >= 15 is 0 Å². The molecule has 1 N–H and O–H groups in total. The summed E-state index contributed by atoms with van der Waals surface area (Å²) < 4.78 is 33.9. The second-order valence-electron chi connectivity index (χ2n) is 11.7. The van der Waals surface area contributed by atoms with Gasteiger partial charge in [0.25, 0.3) is 5.91 Å². The summed E-state index contributed by atoms with van der Waals surface area (Å²) in [5.74, 6) is -1.73. The van der Waals surface area contributed by atoms with Gasteiger partial charge in [-0.15, -0.1) is 0 Å². The van der Waals surface area contributed by atoms with Crippen LogP contribution in [-0.2, 0) is 27.8 Å². The molecule has 1 aromatic heterocycles. The average Bonchev–Trinajstić information content (AvgIpc) is 3.51. The first-order chi connectivity index (χ1) is 20.6. The van der Waals surface area contributed by atoms with Crippen LogP contribution in [0, 0.1) is 11.3 Å². The summed E-state index contributed by atoms with van der Waals surface area (Å²) in [6.45, 7) is 4.19. The molecule has 2 saturated heterocycles. The lowest BCUT2D eigenvalue weighted by Crippen LogP contribution is -2.56. The fourth-order valence-corrected chi connectivity index (χ4v) is 7.17. The van der Waals surface area contributed by atoms with Crippen LogP contribution in [0.5, 0.6) is 6.01 Å². The molecule has 1 aromatic carbocycles. The molecule has 3 aliphatic heterocycles. The molecule has 0 radical (unpaired) electrons. The van der Waals surface area contributed by atoms with E-state index < -0.39 is 29.4 Å². The largest absolute Gasteiger partial charge is 0.462 e. The third kappa shape index (κ3) is 5.18. The quantitative estimate of drug-likeness (QED) is 0.495. The van der Waals surface area contributed by atoms with E-state index in [1.54, 1.807) is 0 Å². The maximum Gasteiger partial charge on any atom is 0.318 e. The number of fused-ring (bicyclic) bond motifs is 3. The van der Waals surface area contributed by atoms with Gasteiger partial charge in [-0.05, 0) is 43.5 Å². The number of rotatable bonds is 6. The van der Waals surface area contributed by atoms with Crippen molar-refractivity contribution in [3.8, 4) is 12.1 Å². The molecular weight excluding hydrogens is 580 g/mol. The third-order valence-electron chi connectivity index (χ3n) is 9.17. The Hall–Kier alpha value is -3.82. The molecule has 4 heterocycles. The number of amides is 2. The van der Waals surface area contributed by atoms with Gasteiger partial charge in [-0.1, -0.05) is 30.3 Å². The SMILES string of the molecule is C=C(F)C(=O)N1CCN(c2nc(OC[C@@H]3CC(F)CN3C)nc3c2NC(=O)C2(CCc4c(Cl)cccc42)C3)CC1CC#N. The second-order valence-corrected chi connectivity index (χ2v) is 12.1. The number of carbonyl (C=O) groups excluding carboxylic acids is 2. The van der Waals surface area contributed by atoms with Crippen molar-refractivity contribution >= 4 is 34.9 Å². The molecule has 1 aliphatic carbocycles. The molecule has 2 aromatic rings. The molecular formula is C30H32ClF2N7O3. The second kappa shape index (κ2) is 11.4. The Morgan fingerprint density at radius 2 is 2.12 bits per heavy atom. The number of aromatic nitrogens is 2. The highest BCUT2D eigenvalue weighted by Gasteiger charge is 2.50. The van der Waals surface area contributed by atoms with Crippen molar-refractivity contribution in [1.82, 2.24) is 19.8 Å². The van der Waals surface area contributed by atoms with Crippen molar-refractivity contribution in [2.45, 2.75) is 55.8 Å². The number of nitriles is 1. The van der Waals surface area contributed by atoms with Gasteiger partial charge in [0.1, 0.15) is 18.5 Å². The van der Waals surface area contributed by atoms with Gasteiger partial charge in [0.15, 0.2) is 11.6 Å². The fourth-order valence-electron chi connectivity index (χ4n) is 6.90. The Morgan fingerprint density at radius 3 is 2.84 bits per heavy atom. The number of nitrogens with zero attached hydrogens (tertiary/aromatic N) is 6. The van der Waals surface area contributed by atoms with Gasteiger partial charge < -0.3 is 19.9 Å². The van der Waals surface area contributed by atoms with E-state index in [-0.39, 0.29) is 50.6 Å². The van der Waals surface area contributed by atoms with E-state index in [9.17, 15) is 23.6 Å². The lowest BCUT2D eigenvalue weighted by Gasteiger charge is -2.42. The first-order valence-electron chi connectivity index (χ1n) is 14.4. The van der Waals surface area contributed by atoms with Crippen molar-refractivity contribution in [3.05, 3.63) is 52.4 Å². The Balaban J connectivity index is 1.36. The smallest absolute Gasteiger partial charge is 0.318 e. The summed E-state index contributed by atoms with van der Waals surface area (Å²) in [4.78, 5) is 40.8. The number of likely N-dealkylation sites (tertiary alicyclic amines) is 1. The van der Waals surface area contributed by atoms with E-state index in [1.165, 1.54) is 4.90 Å². The molecule has 4 atom stereocenters. The maximum absolute atomic E-state index is 14.0. The van der Waals surface area contributed by atoms with E-state index in [0.717, 1.165) is 11.1 Å². The van der Waals surface area contributed by atoms with Gasteiger partial charge in [-0.3, -0.25) is 14.5 Å². The number of benzene rings is 1. The van der Waals surface area contributed by atoms with Gasteiger partial charge in [-0.2, -0.15) is 15.2 Å². The number of carbonyl (C=O) groups is 2. The van der Waals surface area contributed by atoms with Crippen LogP contribution in [0.25, 0.3) is 0 Å². The molecule has 4 aliphatic rings. The first kappa shape index (κ1) is 29.3. The zero-order chi connectivity index (χ0) is 30.5. The van der Waals surface area contributed by atoms with Gasteiger partial charge in [0, 0.05) is 43.7 Å². The van der Waals surface area contributed by atoms with E-state index in [1.807, 2.05) is 35.0 Å². The highest BCUT2D eigenvalue weighted by molar-refractivity contribution is 6.31. The van der Waals surface area contributed by atoms with Crippen molar-refractivity contribution < 1.29 is 23.1 Å². The number of alkyl halides is 1. The minimum absolute atomic E-state index is 0.0302. The minimum Gasteiger partial charge on any atom is -0.462 e. The van der Waals surface area contributed by atoms with E-state index in [0.29, 0.717) is 54.4 Å². The highest BCUT2D eigenvalue weighted by atomic mass is 35.5. The summed E-state index contributed by atoms with van der Waals surface area (Å²) >= 11 is 6.50. The summed E-state index contributed by atoms with van der Waals surface area (Å²) in [5, 5.41) is 13.1. The lowest BCUT2D eigenvalue weighted by molar-refractivity contribution is -0.131. The molecule has 0 saturated carbocycles. The summed E-state index contributed by atoms with van der Waals surface area (Å²) in [7, 11) is 1.84. The lowest BCUT2D eigenvalue weighted by atomic mass is 9.74. The number of anilines is 2. The van der Waals surface area contributed by atoms with Crippen molar-refractivity contribution in [1.29, 1.82) is 5.26 Å². The molecule has 3 unspecified atom stereocenters. The van der Waals surface area contributed by atoms with E-state index in [4.69, 9.17) is 21.3 Å². The number of likely N-dealkylation sites (N-methyl/N-ethyl adjacent to an activating group) is 1. The molecule has 6 rings (SSSR count). The standard InChI is InChI=1S/C30H32ClF2N7O3/c1-17(32)27(41)40-11-10-39(15-19(40)7-9-34)26-25-24(35-29(37-26)43-16-20-12-18(33)14-38(20)2)13-30(28(42)36-25)8-6-21-22(30)4-3-5-23(21)31/h3-5,18-20H,1,6-8,10-16H2,2H3,(H,36,42)/t18?,19?,20-,30?/m0/s1. The van der Waals surface area contributed by atoms with Crippen LogP contribution >= 0.6 is 11.6 Å². The summed E-state index contributed by atoms with van der Waals surface area (Å²) in [6.07, 6.45) is 0.900. The predicted molar refractivity (Wildman–Crippen MR) is 155 cm³/mol. The number of hydrogen-bond donors (Lipinski definition) is 1. The van der Waals surface area contributed by atoms with Crippen LogP contribution in [-0.4, -0.2) is 89.7 Å². The van der Waals surface area contributed by atoms with Gasteiger partial charge in [0.05, 0.1) is 29.6 Å². The number of nitrogens with one attached hydrogen (secondary N) is 1. The molecule has 0 bridgehead atoms. The normalized spacial score (nSPS) is 26.6. The Kier molecular flexibility index (Phi) is 7.73. The zero-order valence-corrected chi connectivity index (χ0v) is 24.5. The van der Waals surface area contributed by atoms with Gasteiger partial charge >= 0.3 is 6.01 Å². The molecule has 2 fully saturated rings. The fraction of sp³-hybridized carbons (Fsp3) is 0.500. The van der Waals surface area contributed by atoms with Crippen LogP contribution in [0.1, 0.15) is 36.1 Å². The molecule has 10 nitrogen and oxygen atoms in total. The molecule has 226 valence electrons. The average molecular weight is 612 g/mol. The first-order valence-corrected chi connectivity index (χ1v) is 14.7. The van der Waals surface area contributed by atoms with Crippen LogP contribution in [0.15, 0.2) is 30.6 Å². The predicted octanol–water partition coefficient (Wildman–Crippen LogP) is 3.34.